The van der Waals surface area contributed by atoms with Crippen molar-refractivity contribution in [2.45, 2.75) is 19.5 Å². The molecule has 34 heavy (non-hydrogen) atoms. The first kappa shape index (κ1) is 21.5. The van der Waals surface area contributed by atoms with Gasteiger partial charge < -0.3 is 9.30 Å². The van der Waals surface area contributed by atoms with Crippen LogP contribution in [-0.4, -0.2) is 25.8 Å². The Morgan fingerprint density at radius 1 is 0.853 bits per heavy atom. The molecule has 7 heteroatoms. The van der Waals surface area contributed by atoms with Crippen LogP contribution in [0.2, 0.25) is 0 Å². The number of nitrogens with zero attached hydrogens (tertiary/aromatic N) is 4. The maximum Gasteiger partial charge on any atom is 0.337 e. The van der Waals surface area contributed by atoms with Crippen LogP contribution < -0.4 is 16.0 Å². The molecular weight excluding hydrogens is 428 g/mol. The van der Waals surface area contributed by atoms with E-state index in [1.165, 1.54) is 9.13 Å². The molecule has 0 atom stereocenters. The number of hydrogen-bond donors (Lipinski definition) is 0. The molecule has 7 nitrogen and oxygen atoms in total. The van der Waals surface area contributed by atoms with Crippen LogP contribution in [0.5, 0.6) is 5.75 Å². The monoisotopic (exact) mass is 452 g/mol. The summed E-state index contributed by atoms with van der Waals surface area (Å²) in [5, 5.41) is 0. The summed E-state index contributed by atoms with van der Waals surface area (Å²) in [6, 6.07) is 26.8. The van der Waals surface area contributed by atoms with Crippen molar-refractivity contribution in [2.75, 3.05) is 7.11 Å². The number of aryl methyl sites for hydroxylation is 1. The number of ether oxygens (including phenoxy) is 1. The highest BCUT2D eigenvalue weighted by Gasteiger charge is 2.19. The standard InChI is InChI=1S/C27H24N4O3/c1-34-23-15-9-8-12-21(23)18-29-19-28-25-24(29)26(32)30(17-16-20-10-4-2-5-11-20)27(33)31(25)22-13-6-3-7-14-22/h2-15,19H,16-18H2,1H3. The molecule has 0 unspecified atom stereocenters. The third-order valence-electron chi connectivity index (χ3n) is 5.91. The minimum Gasteiger partial charge on any atom is -0.496 e. The van der Waals surface area contributed by atoms with E-state index in [2.05, 4.69) is 4.98 Å². The van der Waals surface area contributed by atoms with Gasteiger partial charge in [0.1, 0.15) is 5.75 Å². The number of aromatic nitrogens is 4. The van der Waals surface area contributed by atoms with Crippen molar-refractivity contribution in [3.05, 3.63) is 123 Å². The second kappa shape index (κ2) is 9.23. The van der Waals surface area contributed by atoms with Crippen LogP contribution in [0.4, 0.5) is 0 Å². The Hall–Kier alpha value is -4.39. The summed E-state index contributed by atoms with van der Waals surface area (Å²) in [6.07, 6.45) is 2.18. The van der Waals surface area contributed by atoms with E-state index in [-0.39, 0.29) is 12.1 Å². The lowest BCUT2D eigenvalue weighted by Gasteiger charge is -2.13. The van der Waals surface area contributed by atoms with Crippen LogP contribution in [0, 0.1) is 0 Å². The SMILES string of the molecule is COc1ccccc1Cn1cnc2c1c(=O)n(CCc1ccccc1)c(=O)n2-c1ccccc1. The molecule has 0 N–H and O–H groups in total. The Kier molecular flexibility index (Phi) is 5.82. The molecule has 0 aliphatic carbocycles. The highest BCUT2D eigenvalue weighted by atomic mass is 16.5. The van der Waals surface area contributed by atoms with Crippen molar-refractivity contribution in [3.8, 4) is 11.4 Å². The van der Waals surface area contributed by atoms with Gasteiger partial charge in [-0.15, -0.1) is 0 Å². The molecule has 0 saturated heterocycles. The van der Waals surface area contributed by atoms with Crippen molar-refractivity contribution >= 4 is 11.2 Å². The lowest BCUT2D eigenvalue weighted by atomic mass is 10.1. The zero-order valence-electron chi connectivity index (χ0n) is 18.8. The van der Waals surface area contributed by atoms with E-state index in [4.69, 9.17) is 4.74 Å². The average Bonchev–Trinajstić information content (AvgIpc) is 3.29. The molecule has 0 fully saturated rings. The van der Waals surface area contributed by atoms with Gasteiger partial charge in [-0.3, -0.25) is 9.36 Å². The molecule has 0 amide bonds. The Balaban J connectivity index is 1.69. The number of rotatable bonds is 7. The molecule has 5 aromatic rings. The fraction of sp³-hybridized carbons (Fsp3) is 0.148. The first-order valence-corrected chi connectivity index (χ1v) is 11.1. The van der Waals surface area contributed by atoms with Crippen LogP contribution in [0.1, 0.15) is 11.1 Å². The van der Waals surface area contributed by atoms with Crippen molar-refractivity contribution in [1.82, 2.24) is 18.7 Å². The fourth-order valence-electron chi connectivity index (χ4n) is 4.21. The van der Waals surface area contributed by atoms with Gasteiger partial charge in [-0.05, 0) is 30.2 Å². The average molecular weight is 453 g/mol. The Morgan fingerprint density at radius 3 is 2.26 bits per heavy atom. The molecule has 2 aromatic heterocycles. The van der Waals surface area contributed by atoms with E-state index >= 15 is 0 Å². The van der Waals surface area contributed by atoms with E-state index in [1.807, 2.05) is 84.9 Å². The fourth-order valence-corrected chi connectivity index (χ4v) is 4.21. The highest BCUT2D eigenvalue weighted by molar-refractivity contribution is 5.72. The zero-order valence-corrected chi connectivity index (χ0v) is 18.8. The molecule has 0 saturated carbocycles. The topological polar surface area (TPSA) is 71.1 Å². The molecule has 5 rings (SSSR count). The van der Waals surface area contributed by atoms with Crippen molar-refractivity contribution < 1.29 is 4.74 Å². The molecule has 170 valence electrons. The van der Waals surface area contributed by atoms with E-state index in [1.54, 1.807) is 18.0 Å². The lowest BCUT2D eigenvalue weighted by Crippen LogP contribution is -2.40. The third-order valence-corrected chi connectivity index (χ3v) is 5.91. The summed E-state index contributed by atoms with van der Waals surface area (Å²) >= 11 is 0. The van der Waals surface area contributed by atoms with Gasteiger partial charge in [0.05, 0.1) is 25.7 Å². The summed E-state index contributed by atoms with van der Waals surface area (Å²) in [4.78, 5) is 31.7. The summed E-state index contributed by atoms with van der Waals surface area (Å²) in [6.45, 7) is 0.658. The number of hydrogen-bond acceptors (Lipinski definition) is 4. The van der Waals surface area contributed by atoms with E-state index < -0.39 is 5.69 Å². The minimum absolute atomic E-state index is 0.268. The quantitative estimate of drug-likeness (QED) is 0.378. The van der Waals surface area contributed by atoms with Gasteiger partial charge in [0, 0.05) is 12.1 Å². The molecule has 3 aromatic carbocycles. The van der Waals surface area contributed by atoms with Crippen LogP contribution >= 0.6 is 0 Å². The minimum atomic E-state index is -0.401. The van der Waals surface area contributed by atoms with Crippen molar-refractivity contribution in [1.29, 1.82) is 0 Å². The van der Waals surface area contributed by atoms with Crippen LogP contribution in [0.25, 0.3) is 16.9 Å². The first-order chi connectivity index (χ1) is 16.7. The van der Waals surface area contributed by atoms with Crippen LogP contribution in [0.3, 0.4) is 0 Å². The number of para-hydroxylation sites is 2. The lowest BCUT2D eigenvalue weighted by molar-refractivity contribution is 0.408. The molecular formula is C27H24N4O3. The van der Waals surface area contributed by atoms with E-state index in [0.717, 1.165) is 16.9 Å². The number of benzene rings is 3. The second-order valence-electron chi connectivity index (χ2n) is 8.00. The summed E-state index contributed by atoms with van der Waals surface area (Å²) in [5.74, 6) is 0.727. The van der Waals surface area contributed by atoms with E-state index in [0.29, 0.717) is 29.8 Å². The van der Waals surface area contributed by atoms with Gasteiger partial charge in [-0.25, -0.2) is 14.3 Å². The zero-order chi connectivity index (χ0) is 23.5. The predicted octanol–water partition coefficient (Wildman–Crippen LogP) is 3.65. The van der Waals surface area contributed by atoms with Gasteiger partial charge >= 0.3 is 5.69 Å². The molecule has 2 heterocycles. The largest absolute Gasteiger partial charge is 0.496 e. The van der Waals surface area contributed by atoms with Gasteiger partial charge in [0.2, 0.25) is 0 Å². The summed E-state index contributed by atoms with van der Waals surface area (Å²) in [5.41, 5.74) is 2.60. The molecule has 0 bridgehead atoms. The maximum absolute atomic E-state index is 13.6. The maximum atomic E-state index is 13.6. The molecule has 0 aliphatic heterocycles. The molecule has 0 radical (unpaired) electrons. The Morgan fingerprint density at radius 2 is 1.53 bits per heavy atom. The third kappa shape index (κ3) is 3.92. The molecule has 0 aliphatic rings. The number of fused-ring (bicyclic) bond motifs is 1. The smallest absolute Gasteiger partial charge is 0.337 e. The number of methoxy groups -OCH3 is 1. The van der Waals surface area contributed by atoms with Gasteiger partial charge in [-0.2, -0.15) is 0 Å². The predicted molar refractivity (Wildman–Crippen MR) is 132 cm³/mol. The summed E-state index contributed by atoms with van der Waals surface area (Å²) < 4.78 is 10.1. The normalized spacial score (nSPS) is 11.1. The van der Waals surface area contributed by atoms with Crippen LogP contribution in [-0.2, 0) is 19.5 Å². The first-order valence-electron chi connectivity index (χ1n) is 11.1. The van der Waals surface area contributed by atoms with Crippen molar-refractivity contribution in [2.24, 2.45) is 0 Å². The van der Waals surface area contributed by atoms with Crippen molar-refractivity contribution in [3.63, 3.8) is 0 Å². The van der Waals surface area contributed by atoms with E-state index in [9.17, 15) is 9.59 Å². The Labute approximate surface area is 196 Å². The highest BCUT2D eigenvalue weighted by Crippen LogP contribution is 2.20. The Bertz CT molecular complexity index is 1550. The number of imidazole rings is 1. The van der Waals surface area contributed by atoms with Gasteiger partial charge in [0.25, 0.3) is 5.56 Å². The van der Waals surface area contributed by atoms with Crippen LogP contribution in [0.15, 0.2) is 101 Å². The molecule has 0 spiro atoms. The second-order valence-corrected chi connectivity index (χ2v) is 8.00. The van der Waals surface area contributed by atoms with Gasteiger partial charge in [-0.1, -0.05) is 66.7 Å². The summed E-state index contributed by atoms with van der Waals surface area (Å²) in [7, 11) is 1.62. The van der Waals surface area contributed by atoms with Gasteiger partial charge in [0.15, 0.2) is 11.2 Å².